The van der Waals surface area contributed by atoms with Gasteiger partial charge in [-0.1, -0.05) is 31.5 Å². The lowest BCUT2D eigenvalue weighted by molar-refractivity contribution is 0.102. The lowest BCUT2D eigenvalue weighted by Crippen LogP contribution is -2.21. The average molecular weight is 312 g/mol. The summed E-state index contributed by atoms with van der Waals surface area (Å²) < 4.78 is 0. The number of anilines is 2. The van der Waals surface area contributed by atoms with Crippen LogP contribution in [0.4, 0.5) is 11.5 Å². The summed E-state index contributed by atoms with van der Waals surface area (Å²) in [5, 5.41) is 11.1. The molecule has 23 heavy (non-hydrogen) atoms. The van der Waals surface area contributed by atoms with Gasteiger partial charge < -0.3 is 10.2 Å². The van der Waals surface area contributed by atoms with Gasteiger partial charge in [-0.2, -0.15) is 0 Å². The van der Waals surface area contributed by atoms with E-state index in [2.05, 4.69) is 22.4 Å². The molecule has 0 saturated heterocycles. The number of carbonyl (C=O) groups is 1. The normalized spacial score (nSPS) is 10.4. The summed E-state index contributed by atoms with van der Waals surface area (Å²) in [6.07, 6.45) is 2.24. The first kappa shape index (κ1) is 16.9. The Balaban J connectivity index is 2.08. The molecule has 2 rings (SSSR count). The monoisotopic (exact) mass is 312 g/mol. The van der Waals surface area contributed by atoms with E-state index in [4.69, 9.17) is 0 Å². The van der Waals surface area contributed by atoms with Gasteiger partial charge >= 0.3 is 0 Å². The second-order valence-electron chi connectivity index (χ2n) is 5.77. The van der Waals surface area contributed by atoms with E-state index in [1.807, 2.05) is 50.1 Å². The molecule has 1 N–H and O–H groups in total. The van der Waals surface area contributed by atoms with Gasteiger partial charge in [-0.25, -0.2) is 0 Å². The molecular weight excluding hydrogens is 288 g/mol. The maximum atomic E-state index is 12.3. The fourth-order valence-corrected chi connectivity index (χ4v) is 2.35. The maximum absolute atomic E-state index is 12.3. The molecule has 0 unspecified atom stereocenters. The van der Waals surface area contributed by atoms with E-state index in [-0.39, 0.29) is 5.91 Å². The third kappa shape index (κ3) is 4.28. The number of para-hydroxylation sites is 1. The first-order valence-electron chi connectivity index (χ1n) is 7.95. The summed E-state index contributed by atoms with van der Waals surface area (Å²) in [7, 11) is 1.98. The standard InChI is InChI=1S/C18H24N4O/c1-5-6-12-22(4)16-11-10-15(20-21-16)18(23)19-17-13(2)8-7-9-14(17)3/h7-11H,5-6,12H2,1-4H3,(H,19,23). The first-order valence-corrected chi connectivity index (χ1v) is 7.95. The number of nitrogens with zero attached hydrogens (tertiary/aromatic N) is 3. The Labute approximate surface area is 137 Å². The van der Waals surface area contributed by atoms with Crippen molar-refractivity contribution in [2.24, 2.45) is 0 Å². The van der Waals surface area contributed by atoms with Gasteiger partial charge in [-0.15, -0.1) is 10.2 Å². The first-order chi connectivity index (χ1) is 11.0. The molecule has 0 aliphatic rings. The van der Waals surface area contributed by atoms with E-state index < -0.39 is 0 Å². The minimum Gasteiger partial charge on any atom is -0.358 e. The van der Waals surface area contributed by atoms with Gasteiger partial charge in [0.2, 0.25) is 0 Å². The zero-order valence-corrected chi connectivity index (χ0v) is 14.3. The Kier molecular flexibility index (Phi) is 5.68. The highest BCUT2D eigenvalue weighted by atomic mass is 16.1. The van der Waals surface area contributed by atoms with Crippen LogP contribution in [-0.4, -0.2) is 29.7 Å². The zero-order chi connectivity index (χ0) is 16.8. The van der Waals surface area contributed by atoms with Crippen molar-refractivity contribution in [1.29, 1.82) is 0 Å². The highest BCUT2D eigenvalue weighted by Gasteiger charge is 2.12. The van der Waals surface area contributed by atoms with E-state index in [0.29, 0.717) is 5.69 Å². The van der Waals surface area contributed by atoms with Crippen molar-refractivity contribution in [2.45, 2.75) is 33.6 Å². The molecule has 0 aliphatic heterocycles. The SMILES string of the molecule is CCCCN(C)c1ccc(C(=O)Nc2c(C)cccc2C)nn1. The second-order valence-corrected chi connectivity index (χ2v) is 5.77. The Hall–Kier alpha value is -2.43. The number of rotatable bonds is 6. The summed E-state index contributed by atoms with van der Waals surface area (Å²) >= 11 is 0. The molecule has 1 amide bonds. The summed E-state index contributed by atoms with van der Waals surface area (Å²) in [4.78, 5) is 14.4. The van der Waals surface area contributed by atoms with E-state index in [1.54, 1.807) is 6.07 Å². The molecule has 5 nitrogen and oxygen atoms in total. The molecule has 0 saturated carbocycles. The fraction of sp³-hybridized carbons (Fsp3) is 0.389. The Bertz CT molecular complexity index is 647. The number of carbonyl (C=O) groups excluding carboxylic acids is 1. The molecule has 0 radical (unpaired) electrons. The Morgan fingerprint density at radius 2 is 1.83 bits per heavy atom. The minimum absolute atomic E-state index is 0.238. The van der Waals surface area contributed by atoms with E-state index in [9.17, 15) is 4.79 Å². The van der Waals surface area contributed by atoms with E-state index in [1.165, 1.54) is 0 Å². The molecule has 2 aromatic rings. The molecule has 0 fully saturated rings. The van der Waals surface area contributed by atoms with Crippen LogP contribution in [0.2, 0.25) is 0 Å². The zero-order valence-electron chi connectivity index (χ0n) is 14.3. The summed E-state index contributed by atoms with van der Waals surface area (Å²) in [5.74, 6) is 0.541. The highest BCUT2D eigenvalue weighted by molar-refractivity contribution is 6.03. The number of aryl methyl sites for hydroxylation is 2. The molecule has 1 heterocycles. The summed E-state index contributed by atoms with van der Waals surface area (Å²) in [6, 6.07) is 9.47. The smallest absolute Gasteiger partial charge is 0.276 e. The van der Waals surface area contributed by atoms with Crippen molar-refractivity contribution < 1.29 is 4.79 Å². The van der Waals surface area contributed by atoms with Crippen molar-refractivity contribution in [3.8, 4) is 0 Å². The number of amides is 1. The number of unbranched alkanes of at least 4 members (excludes halogenated alkanes) is 1. The molecule has 0 spiro atoms. The minimum atomic E-state index is -0.238. The van der Waals surface area contributed by atoms with Crippen LogP contribution in [0.15, 0.2) is 30.3 Å². The van der Waals surface area contributed by atoms with Crippen molar-refractivity contribution in [2.75, 3.05) is 23.8 Å². The molecule has 0 aliphatic carbocycles. The molecule has 0 atom stereocenters. The predicted molar refractivity (Wildman–Crippen MR) is 94.1 cm³/mol. The molecule has 122 valence electrons. The van der Waals surface area contributed by atoms with Crippen LogP contribution < -0.4 is 10.2 Å². The largest absolute Gasteiger partial charge is 0.358 e. The van der Waals surface area contributed by atoms with Crippen LogP contribution in [0.1, 0.15) is 41.4 Å². The quantitative estimate of drug-likeness (QED) is 0.885. The van der Waals surface area contributed by atoms with E-state index >= 15 is 0 Å². The lowest BCUT2D eigenvalue weighted by Gasteiger charge is -2.17. The molecule has 5 heteroatoms. The van der Waals surface area contributed by atoms with Crippen molar-refractivity contribution in [1.82, 2.24) is 10.2 Å². The average Bonchev–Trinajstić information content (AvgIpc) is 2.56. The Morgan fingerprint density at radius 1 is 1.13 bits per heavy atom. The maximum Gasteiger partial charge on any atom is 0.276 e. The third-order valence-corrected chi connectivity index (χ3v) is 3.84. The number of benzene rings is 1. The van der Waals surface area contributed by atoms with Crippen LogP contribution in [-0.2, 0) is 0 Å². The fourth-order valence-electron chi connectivity index (χ4n) is 2.35. The lowest BCUT2D eigenvalue weighted by atomic mass is 10.1. The third-order valence-electron chi connectivity index (χ3n) is 3.84. The van der Waals surface area contributed by atoms with Gasteiger partial charge in [0.25, 0.3) is 5.91 Å². The van der Waals surface area contributed by atoms with Crippen molar-refractivity contribution in [3.05, 3.63) is 47.2 Å². The van der Waals surface area contributed by atoms with Crippen LogP contribution in [0.25, 0.3) is 0 Å². The van der Waals surface area contributed by atoms with Gasteiger partial charge in [0.05, 0.1) is 0 Å². The van der Waals surface area contributed by atoms with Gasteiger partial charge in [0.15, 0.2) is 11.5 Å². The number of aromatic nitrogens is 2. The highest BCUT2D eigenvalue weighted by Crippen LogP contribution is 2.20. The Morgan fingerprint density at radius 3 is 2.39 bits per heavy atom. The second kappa shape index (κ2) is 7.72. The predicted octanol–water partition coefficient (Wildman–Crippen LogP) is 3.58. The molecule has 1 aromatic carbocycles. The van der Waals surface area contributed by atoms with Crippen LogP contribution in [0.5, 0.6) is 0 Å². The van der Waals surface area contributed by atoms with Gasteiger partial charge in [0, 0.05) is 19.3 Å². The molecule has 0 bridgehead atoms. The van der Waals surface area contributed by atoms with E-state index in [0.717, 1.165) is 42.0 Å². The number of hydrogen-bond donors (Lipinski definition) is 1. The number of hydrogen-bond acceptors (Lipinski definition) is 4. The van der Waals surface area contributed by atoms with Crippen LogP contribution >= 0.6 is 0 Å². The summed E-state index contributed by atoms with van der Waals surface area (Å²) in [6.45, 7) is 7.03. The van der Waals surface area contributed by atoms with Gasteiger partial charge in [0.1, 0.15) is 0 Å². The molecule has 1 aromatic heterocycles. The topological polar surface area (TPSA) is 58.1 Å². The molecular formula is C18H24N4O. The van der Waals surface area contributed by atoms with Gasteiger partial charge in [-0.3, -0.25) is 4.79 Å². The van der Waals surface area contributed by atoms with Crippen LogP contribution in [0.3, 0.4) is 0 Å². The summed E-state index contributed by atoms with van der Waals surface area (Å²) in [5.41, 5.74) is 3.22. The van der Waals surface area contributed by atoms with Gasteiger partial charge in [-0.05, 0) is 43.5 Å². The number of nitrogens with one attached hydrogen (secondary N) is 1. The van der Waals surface area contributed by atoms with Crippen molar-refractivity contribution >= 4 is 17.4 Å². The van der Waals surface area contributed by atoms with Crippen molar-refractivity contribution in [3.63, 3.8) is 0 Å². The van der Waals surface area contributed by atoms with Crippen LogP contribution in [0, 0.1) is 13.8 Å².